The molecule has 0 N–H and O–H groups in total. The molecule has 0 spiro atoms. The molecule has 0 aliphatic heterocycles. The number of hydrogen-bond acceptors (Lipinski definition) is 4. The summed E-state index contributed by atoms with van der Waals surface area (Å²) in [7, 11) is 1.62. The van der Waals surface area contributed by atoms with Gasteiger partial charge in [0.15, 0.2) is 5.65 Å². The van der Waals surface area contributed by atoms with E-state index in [9.17, 15) is 0 Å². The lowest BCUT2D eigenvalue weighted by atomic mass is 10.4. The molecule has 0 saturated heterocycles. The van der Waals surface area contributed by atoms with Crippen LogP contribution in [0.3, 0.4) is 0 Å². The molecule has 2 heterocycles. The molecule has 0 atom stereocenters. The third-order valence-corrected chi connectivity index (χ3v) is 3.64. The van der Waals surface area contributed by atoms with Crippen LogP contribution < -0.4 is 4.74 Å². The monoisotopic (exact) mass is 285 g/mol. The van der Waals surface area contributed by atoms with Gasteiger partial charge in [0.05, 0.1) is 13.0 Å². The van der Waals surface area contributed by atoms with Crippen molar-refractivity contribution in [2.45, 2.75) is 18.8 Å². The molecule has 2 rings (SSSR count). The predicted octanol–water partition coefficient (Wildman–Crippen LogP) is 2.93. The fourth-order valence-electron chi connectivity index (χ4n) is 1.85. The second-order valence-electron chi connectivity index (χ2n) is 3.86. The van der Waals surface area contributed by atoms with Gasteiger partial charge in [-0.3, -0.25) is 0 Å². The van der Waals surface area contributed by atoms with Gasteiger partial charge in [0.1, 0.15) is 11.3 Å². The fraction of sp³-hybridized carbons (Fsp3) is 0.500. The van der Waals surface area contributed by atoms with Crippen LogP contribution in [0.1, 0.15) is 12.2 Å². The summed E-state index contributed by atoms with van der Waals surface area (Å²) in [6.45, 7) is 0.888. The van der Waals surface area contributed by atoms with E-state index in [4.69, 9.17) is 16.3 Å². The lowest BCUT2D eigenvalue weighted by Crippen LogP contribution is -2.04. The minimum atomic E-state index is 0.401. The number of rotatable bonds is 6. The van der Waals surface area contributed by atoms with Gasteiger partial charge in [-0.2, -0.15) is 16.7 Å². The average Bonchev–Trinajstić information content (AvgIpc) is 2.76. The molecule has 2 aromatic rings. The highest BCUT2D eigenvalue weighted by Gasteiger charge is 2.11. The van der Waals surface area contributed by atoms with Crippen molar-refractivity contribution in [2.75, 3.05) is 19.1 Å². The third-order valence-electron chi connectivity index (χ3n) is 2.70. The first kappa shape index (κ1) is 13.5. The Balaban J connectivity index is 2.38. The largest absolute Gasteiger partial charge is 0.481 e. The van der Waals surface area contributed by atoms with Crippen molar-refractivity contribution in [1.29, 1.82) is 0 Å². The molecule has 98 valence electrons. The molecule has 0 amide bonds. The van der Waals surface area contributed by atoms with Crippen LogP contribution in [0.4, 0.5) is 0 Å². The van der Waals surface area contributed by atoms with Crippen LogP contribution in [0.15, 0.2) is 12.1 Å². The van der Waals surface area contributed by atoms with Crippen molar-refractivity contribution < 1.29 is 4.74 Å². The van der Waals surface area contributed by atoms with Crippen LogP contribution in [-0.4, -0.2) is 33.7 Å². The van der Waals surface area contributed by atoms with Crippen molar-refractivity contribution in [2.24, 2.45) is 0 Å². The maximum absolute atomic E-state index is 5.94. The zero-order valence-electron chi connectivity index (χ0n) is 10.5. The summed E-state index contributed by atoms with van der Waals surface area (Å²) in [5.41, 5.74) is 1.72. The Morgan fingerprint density at radius 1 is 1.39 bits per heavy atom. The number of methoxy groups -OCH3 is 1. The Morgan fingerprint density at radius 3 is 2.89 bits per heavy atom. The van der Waals surface area contributed by atoms with Gasteiger partial charge in [-0.15, -0.1) is 11.6 Å². The van der Waals surface area contributed by atoms with Gasteiger partial charge in [0.25, 0.3) is 0 Å². The normalized spacial score (nSPS) is 11.1. The zero-order valence-corrected chi connectivity index (χ0v) is 12.1. The minimum absolute atomic E-state index is 0.401. The van der Waals surface area contributed by atoms with Gasteiger partial charge >= 0.3 is 0 Å². The molecule has 0 bridgehead atoms. The summed E-state index contributed by atoms with van der Waals surface area (Å²) in [5.74, 6) is 2.99. The van der Waals surface area contributed by atoms with Gasteiger partial charge < -0.3 is 9.30 Å². The minimum Gasteiger partial charge on any atom is -0.481 e. The Morgan fingerprint density at radius 2 is 2.22 bits per heavy atom. The number of halogens is 1. The Labute approximate surface area is 116 Å². The second-order valence-corrected chi connectivity index (χ2v) is 5.11. The number of alkyl halides is 1. The molecule has 0 fully saturated rings. The number of nitrogens with zero attached hydrogens (tertiary/aromatic N) is 3. The summed E-state index contributed by atoms with van der Waals surface area (Å²) in [4.78, 5) is 8.95. The first-order valence-corrected chi connectivity index (χ1v) is 7.68. The number of hydrogen-bond donors (Lipinski definition) is 0. The van der Waals surface area contributed by atoms with Crippen LogP contribution in [0.5, 0.6) is 5.88 Å². The Hall–Kier alpha value is -0.940. The highest BCUT2D eigenvalue weighted by Crippen LogP contribution is 2.19. The zero-order chi connectivity index (χ0) is 13.0. The summed E-state index contributed by atoms with van der Waals surface area (Å²) < 4.78 is 7.24. The second kappa shape index (κ2) is 6.29. The number of aryl methyl sites for hydroxylation is 1. The van der Waals surface area contributed by atoms with Gasteiger partial charge in [0.2, 0.25) is 5.88 Å². The van der Waals surface area contributed by atoms with E-state index in [0.717, 1.165) is 35.7 Å². The molecule has 6 heteroatoms. The van der Waals surface area contributed by atoms with Gasteiger partial charge in [0, 0.05) is 12.6 Å². The highest BCUT2D eigenvalue weighted by molar-refractivity contribution is 7.98. The molecule has 0 aliphatic carbocycles. The maximum Gasteiger partial charge on any atom is 0.215 e. The molecule has 0 unspecified atom stereocenters. The van der Waals surface area contributed by atoms with Crippen molar-refractivity contribution in [3.05, 3.63) is 18.0 Å². The third kappa shape index (κ3) is 2.72. The SMILES string of the molecule is COc1ccc2nc(CCl)n(CCCSC)c2n1. The molecule has 0 aliphatic rings. The number of aromatic nitrogens is 3. The van der Waals surface area contributed by atoms with Gasteiger partial charge in [-0.05, 0) is 24.5 Å². The van der Waals surface area contributed by atoms with Crippen molar-refractivity contribution >= 4 is 34.5 Å². The fourth-order valence-corrected chi connectivity index (χ4v) is 2.47. The van der Waals surface area contributed by atoms with Crippen LogP contribution >= 0.6 is 23.4 Å². The van der Waals surface area contributed by atoms with Crippen LogP contribution in [0, 0.1) is 0 Å². The van der Waals surface area contributed by atoms with Crippen LogP contribution in [0.2, 0.25) is 0 Å². The highest BCUT2D eigenvalue weighted by atomic mass is 35.5. The van der Waals surface area contributed by atoms with E-state index in [0.29, 0.717) is 11.8 Å². The molecular weight excluding hydrogens is 270 g/mol. The van der Waals surface area contributed by atoms with Crippen molar-refractivity contribution in [1.82, 2.24) is 14.5 Å². The number of fused-ring (bicyclic) bond motifs is 1. The van der Waals surface area contributed by atoms with Crippen LogP contribution in [-0.2, 0) is 12.4 Å². The lowest BCUT2D eigenvalue weighted by molar-refractivity contribution is 0.399. The number of pyridine rings is 1. The average molecular weight is 286 g/mol. The van der Waals surface area contributed by atoms with Crippen molar-refractivity contribution in [3.8, 4) is 5.88 Å². The number of ether oxygens (including phenoxy) is 1. The summed E-state index contributed by atoms with van der Waals surface area (Å²) in [6.07, 6.45) is 3.19. The molecule has 4 nitrogen and oxygen atoms in total. The van der Waals surface area contributed by atoms with E-state index in [1.54, 1.807) is 7.11 Å². The maximum atomic E-state index is 5.94. The first-order chi connectivity index (χ1) is 8.80. The van der Waals surface area contributed by atoms with E-state index < -0.39 is 0 Å². The molecule has 2 aromatic heterocycles. The van der Waals surface area contributed by atoms with E-state index in [2.05, 4.69) is 20.8 Å². The van der Waals surface area contributed by atoms with E-state index in [1.807, 2.05) is 23.9 Å². The predicted molar refractivity (Wildman–Crippen MR) is 76.6 cm³/mol. The van der Waals surface area contributed by atoms with Crippen LogP contribution in [0.25, 0.3) is 11.2 Å². The molecule has 0 saturated carbocycles. The number of thioether (sulfide) groups is 1. The van der Waals surface area contributed by atoms with E-state index in [1.165, 1.54) is 0 Å². The summed E-state index contributed by atoms with van der Waals surface area (Å²) in [5, 5.41) is 0. The van der Waals surface area contributed by atoms with E-state index in [-0.39, 0.29) is 0 Å². The van der Waals surface area contributed by atoms with Gasteiger partial charge in [-0.25, -0.2) is 4.98 Å². The smallest absolute Gasteiger partial charge is 0.215 e. The summed E-state index contributed by atoms with van der Waals surface area (Å²) in [6, 6.07) is 3.74. The molecule has 0 radical (unpaired) electrons. The van der Waals surface area contributed by atoms with E-state index >= 15 is 0 Å². The van der Waals surface area contributed by atoms with Crippen molar-refractivity contribution in [3.63, 3.8) is 0 Å². The number of imidazole rings is 1. The standard InChI is InChI=1S/C12H16ClN3OS/c1-17-11-5-4-9-12(15-11)16(6-3-7-18-2)10(8-13)14-9/h4-5H,3,6-8H2,1-2H3. The lowest BCUT2D eigenvalue weighted by Gasteiger charge is -2.06. The quantitative estimate of drug-likeness (QED) is 0.604. The summed E-state index contributed by atoms with van der Waals surface area (Å²) >= 11 is 7.78. The molecule has 18 heavy (non-hydrogen) atoms. The topological polar surface area (TPSA) is 39.9 Å². The Bertz CT molecular complexity index is 529. The molecule has 0 aromatic carbocycles. The first-order valence-electron chi connectivity index (χ1n) is 5.75. The Kier molecular flexibility index (Phi) is 4.72. The van der Waals surface area contributed by atoms with Gasteiger partial charge in [-0.1, -0.05) is 0 Å². The molecular formula is C12H16ClN3OS.